The zero-order chi connectivity index (χ0) is 20.2. The summed E-state index contributed by atoms with van der Waals surface area (Å²) in [6, 6.07) is 15.0. The second-order valence-electron chi connectivity index (χ2n) is 6.30. The van der Waals surface area contributed by atoms with E-state index in [9.17, 15) is 13.6 Å². The molecule has 2 aromatic carbocycles. The Morgan fingerprint density at radius 1 is 0.931 bits per heavy atom. The molecule has 4 aromatic rings. The molecule has 6 heteroatoms. The molecule has 0 aliphatic carbocycles. The summed E-state index contributed by atoms with van der Waals surface area (Å²) in [5, 5.41) is 4.58. The first-order valence-corrected chi connectivity index (χ1v) is 8.84. The van der Waals surface area contributed by atoms with Crippen LogP contribution in [0.1, 0.15) is 15.9 Å². The van der Waals surface area contributed by atoms with E-state index in [0.717, 1.165) is 5.56 Å². The third-order valence-corrected chi connectivity index (χ3v) is 4.31. The van der Waals surface area contributed by atoms with Crippen LogP contribution < -0.4 is 0 Å². The molecule has 0 amide bonds. The lowest BCUT2D eigenvalue weighted by Gasteiger charge is -2.00. The zero-order valence-electron chi connectivity index (χ0n) is 15.2. The van der Waals surface area contributed by atoms with Crippen LogP contribution in [0.2, 0.25) is 0 Å². The van der Waals surface area contributed by atoms with Crippen molar-refractivity contribution in [3.8, 4) is 16.9 Å². The molecule has 0 N–H and O–H groups in total. The number of rotatable bonds is 5. The molecule has 0 radical (unpaired) electrons. The normalized spacial score (nSPS) is 11.1. The summed E-state index contributed by atoms with van der Waals surface area (Å²) in [6.07, 6.45) is 8.16. The molecule has 0 fully saturated rings. The van der Waals surface area contributed by atoms with Crippen molar-refractivity contribution < 1.29 is 13.6 Å². The Morgan fingerprint density at radius 3 is 2.28 bits per heavy atom. The topological polar surface area (TPSA) is 47.8 Å². The van der Waals surface area contributed by atoms with E-state index in [2.05, 4.69) is 10.1 Å². The van der Waals surface area contributed by atoms with Crippen LogP contribution in [0.15, 0.2) is 85.3 Å². The van der Waals surface area contributed by atoms with Crippen molar-refractivity contribution >= 4 is 11.9 Å². The summed E-state index contributed by atoms with van der Waals surface area (Å²) in [5.41, 5.74) is 3.17. The van der Waals surface area contributed by atoms with E-state index in [1.165, 1.54) is 42.5 Å². The molecule has 0 aliphatic rings. The van der Waals surface area contributed by atoms with Gasteiger partial charge >= 0.3 is 0 Å². The quantitative estimate of drug-likeness (QED) is 0.353. The molecule has 0 bridgehead atoms. The molecule has 2 aromatic heterocycles. The van der Waals surface area contributed by atoms with Crippen LogP contribution in [0, 0.1) is 11.6 Å². The smallest absolute Gasteiger partial charge is 0.185 e. The predicted molar refractivity (Wildman–Crippen MR) is 107 cm³/mol. The number of hydrogen-bond acceptors (Lipinski definition) is 3. The van der Waals surface area contributed by atoms with Crippen molar-refractivity contribution in [3.63, 3.8) is 0 Å². The standard InChI is InChI=1S/C23H15F2N3O/c24-19-6-3-16(4-7-19)22(29)12-5-18-15-28(21-10-8-20(25)9-11-21)27-23(18)17-2-1-13-26-14-17/h1-15H. The predicted octanol–water partition coefficient (Wildman–Crippen LogP) is 5.11. The zero-order valence-corrected chi connectivity index (χ0v) is 15.2. The number of allylic oxidation sites excluding steroid dienone is 1. The average Bonchev–Trinajstić information content (AvgIpc) is 3.18. The largest absolute Gasteiger partial charge is 0.289 e. The number of aromatic nitrogens is 3. The number of benzene rings is 2. The van der Waals surface area contributed by atoms with E-state index in [0.29, 0.717) is 22.5 Å². The Bertz CT molecular complexity index is 1170. The van der Waals surface area contributed by atoms with Crippen LogP contribution in [-0.2, 0) is 0 Å². The Morgan fingerprint density at radius 2 is 1.62 bits per heavy atom. The number of hydrogen-bond donors (Lipinski definition) is 0. The molecule has 4 nitrogen and oxygen atoms in total. The minimum atomic E-state index is -0.398. The molecule has 0 spiro atoms. The fourth-order valence-electron chi connectivity index (χ4n) is 2.84. The molecular weight excluding hydrogens is 372 g/mol. The van der Waals surface area contributed by atoms with Crippen molar-refractivity contribution in [2.75, 3.05) is 0 Å². The number of pyridine rings is 1. The van der Waals surface area contributed by atoms with Gasteiger partial charge in [-0.3, -0.25) is 9.78 Å². The maximum atomic E-state index is 13.2. The second-order valence-corrected chi connectivity index (χ2v) is 6.30. The SMILES string of the molecule is O=C(C=Cc1cn(-c2ccc(F)cc2)nc1-c1cccnc1)c1ccc(F)cc1. The summed E-state index contributed by atoms with van der Waals surface area (Å²) >= 11 is 0. The highest BCUT2D eigenvalue weighted by Gasteiger charge is 2.11. The third-order valence-electron chi connectivity index (χ3n) is 4.31. The summed E-state index contributed by atoms with van der Waals surface area (Å²) in [7, 11) is 0. The Kier molecular flexibility index (Phi) is 5.07. The molecule has 0 unspecified atom stereocenters. The Balaban J connectivity index is 1.71. The molecule has 0 aliphatic heterocycles. The summed E-state index contributed by atoms with van der Waals surface area (Å²) < 4.78 is 27.9. The second kappa shape index (κ2) is 7.98. The highest BCUT2D eigenvalue weighted by molar-refractivity contribution is 6.07. The van der Waals surface area contributed by atoms with Gasteiger partial charge in [0.05, 0.1) is 5.69 Å². The van der Waals surface area contributed by atoms with Crippen molar-refractivity contribution in [2.45, 2.75) is 0 Å². The van der Waals surface area contributed by atoms with Crippen molar-refractivity contribution in [1.29, 1.82) is 0 Å². The van der Waals surface area contributed by atoms with E-state index in [4.69, 9.17) is 0 Å². The van der Waals surface area contributed by atoms with E-state index < -0.39 is 5.82 Å². The van der Waals surface area contributed by atoms with Crippen molar-refractivity contribution in [3.05, 3.63) is 108 Å². The lowest BCUT2D eigenvalue weighted by Crippen LogP contribution is -1.94. The third kappa shape index (κ3) is 4.16. The van der Waals surface area contributed by atoms with Crippen molar-refractivity contribution in [2.24, 2.45) is 0 Å². The van der Waals surface area contributed by atoms with Gasteiger partial charge in [-0.15, -0.1) is 0 Å². The molecule has 29 heavy (non-hydrogen) atoms. The average molecular weight is 387 g/mol. The van der Waals surface area contributed by atoms with Gasteiger partial charge in [-0.05, 0) is 72.8 Å². The fraction of sp³-hybridized carbons (Fsp3) is 0. The highest BCUT2D eigenvalue weighted by atomic mass is 19.1. The Labute approximate surface area is 165 Å². The monoisotopic (exact) mass is 387 g/mol. The Hall–Kier alpha value is -3.93. The van der Waals surface area contributed by atoms with E-state index >= 15 is 0 Å². The van der Waals surface area contributed by atoms with Gasteiger partial charge < -0.3 is 0 Å². The molecule has 0 saturated heterocycles. The molecule has 4 rings (SSSR count). The van der Waals surface area contributed by atoms with E-state index in [1.54, 1.807) is 47.5 Å². The fourth-order valence-corrected chi connectivity index (χ4v) is 2.84. The van der Waals surface area contributed by atoms with E-state index in [-0.39, 0.29) is 11.6 Å². The summed E-state index contributed by atoms with van der Waals surface area (Å²) in [6.45, 7) is 0. The van der Waals surface area contributed by atoms with Crippen LogP contribution in [0.5, 0.6) is 0 Å². The van der Waals surface area contributed by atoms with Crippen LogP contribution in [0.4, 0.5) is 8.78 Å². The highest BCUT2D eigenvalue weighted by Crippen LogP contribution is 2.24. The van der Waals surface area contributed by atoms with Gasteiger partial charge in [0.1, 0.15) is 17.3 Å². The molecule has 0 saturated carbocycles. The first-order valence-electron chi connectivity index (χ1n) is 8.84. The number of halogens is 2. The van der Waals surface area contributed by atoms with Gasteiger partial charge in [-0.25, -0.2) is 13.5 Å². The molecule has 0 atom stereocenters. The van der Waals surface area contributed by atoms with Gasteiger partial charge in [-0.2, -0.15) is 5.10 Å². The van der Waals surface area contributed by atoms with Gasteiger partial charge in [-0.1, -0.05) is 0 Å². The summed E-state index contributed by atoms with van der Waals surface area (Å²) in [5.74, 6) is -0.986. The lowest BCUT2D eigenvalue weighted by molar-refractivity contribution is 0.104. The van der Waals surface area contributed by atoms with Crippen LogP contribution in [0.3, 0.4) is 0 Å². The van der Waals surface area contributed by atoms with Gasteiger partial charge in [0.2, 0.25) is 0 Å². The van der Waals surface area contributed by atoms with Gasteiger partial charge in [0.15, 0.2) is 5.78 Å². The van der Waals surface area contributed by atoms with E-state index in [1.807, 2.05) is 6.07 Å². The number of nitrogens with zero attached hydrogens (tertiary/aromatic N) is 3. The molecule has 142 valence electrons. The van der Waals surface area contributed by atoms with Gasteiger partial charge in [0.25, 0.3) is 0 Å². The minimum Gasteiger partial charge on any atom is -0.289 e. The van der Waals surface area contributed by atoms with Crippen molar-refractivity contribution in [1.82, 2.24) is 14.8 Å². The van der Waals surface area contributed by atoms with Gasteiger partial charge in [0, 0.05) is 35.3 Å². The van der Waals surface area contributed by atoms with Crippen LogP contribution >= 0.6 is 0 Å². The minimum absolute atomic E-state index is 0.253. The maximum Gasteiger partial charge on any atom is 0.185 e. The molecule has 2 heterocycles. The summed E-state index contributed by atoms with van der Waals surface area (Å²) in [4.78, 5) is 16.5. The first-order chi connectivity index (χ1) is 14.1. The maximum absolute atomic E-state index is 13.2. The number of carbonyl (C=O) groups is 1. The number of ketones is 1. The number of carbonyl (C=O) groups excluding carboxylic acids is 1. The first kappa shape index (κ1) is 18.4. The lowest BCUT2D eigenvalue weighted by atomic mass is 10.1. The van der Waals surface area contributed by atoms with Crippen LogP contribution in [0.25, 0.3) is 23.0 Å². The molecular formula is C23H15F2N3O. The van der Waals surface area contributed by atoms with Crippen LogP contribution in [-0.4, -0.2) is 20.5 Å².